The van der Waals surface area contributed by atoms with Gasteiger partial charge in [0, 0.05) is 17.5 Å². The zero-order valence-electron chi connectivity index (χ0n) is 13.4. The van der Waals surface area contributed by atoms with E-state index in [1.54, 1.807) is 22.3 Å². The first-order chi connectivity index (χ1) is 12.1. The molecule has 25 heavy (non-hydrogen) atoms. The van der Waals surface area contributed by atoms with Crippen LogP contribution in [0.15, 0.2) is 59.5 Å². The summed E-state index contributed by atoms with van der Waals surface area (Å²) in [5.41, 5.74) is -0.0942. The number of rotatable bonds is 6. The second kappa shape index (κ2) is 7.40. The lowest BCUT2D eigenvalue weighted by Gasteiger charge is -2.21. The molecule has 0 unspecified atom stereocenters. The summed E-state index contributed by atoms with van der Waals surface area (Å²) in [4.78, 5) is 31.8. The van der Waals surface area contributed by atoms with Gasteiger partial charge in [-0.05, 0) is 23.6 Å². The predicted molar refractivity (Wildman–Crippen MR) is 95.9 cm³/mol. The molecule has 128 valence electrons. The summed E-state index contributed by atoms with van der Waals surface area (Å²) in [5, 5.41) is 2.23. The maximum Gasteiger partial charge on any atom is 0.261 e. The molecule has 3 aromatic rings. The van der Waals surface area contributed by atoms with Gasteiger partial charge in [0.05, 0.1) is 23.8 Å². The molecule has 0 saturated carbocycles. The average Bonchev–Trinajstić information content (AvgIpc) is 3.10. The summed E-state index contributed by atoms with van der Waals surface area (Å²) in [6, 6.07) is 7.66. The van der Waals surface area contributed by atoms with Crippen molar-refractivity contribution in [3.63, 3.8) is 0 Å². The third kappa shape index (κ3) is 3.83. The number of thiophene rings is 1. The summed E-state index contributed by atoms with van der Waals surface area (Å²) < 4.78 is 14.5. The number of fused-ring (bicyclic) bond motifs is 1. The number of aromatic nitrogens is 2. The van der Waals surface area contributed by atoms with Gasteiger partial charge in [0.15, 0.2) is 0 Å². The fourth-order valence-electron chi connectivity index (χ4n) is 2.49. The Labute approximate surface area is 147 Å². The molecule has 5 nitrogen and oxygen atoms in total. The summed E-state index contributed by atoms with van der Waals surface area (Å²) in [6.45, 7) is 4.40. The Morgan fingerprint density at radius 3 is 2.96 bits per heavy atom. The minimum atomic E-state index is -0.457. The van der Waals surface area contributed by atoms with Crippen molar-refractivity contribution in [1.82, 2.24) is 14.5 Å². The minimum absolute atomic E-state index is 0.127. The van der Waals surface area contributed by atoms with Crippen LogP contribution in [0, 0.1) is 5.82 Å². The lowest BCUT2D eigenvalue weighted by Crippen LogP contribution is -2.36. The first kappa shape index (κ1) is 17.0. The Balaban J connectivity index is 1.84. The average molecular weight is 357 g/mol. The van der Waals surface area contributed by atoms with Gasteiger partial charge in [-0.2, -0.15) is 0 Å². The van der Waals surface area contributed by atoms with Gasteiger partial charge in [0.1, 0.15) is 12.4 Å². The van der Waals surface area contributed by atoms with Crippen LogP contribution >= 0.6 is 11.3 Å². The molecule has 7 heteroatoms. The van der Waals surface area contributed by atoms with Crippen molar-refractivity contribution in [2.24, 2.45) is 0 Å². The van der Waals surface area contributed by atoms with Gasteiger partial charge in [-0.15, -0.1) is 17.9 Å². The van der Waals surface area contributed by atoms with Crippen LogP contribution in [0.3, 0.4) is 0 Å². The van der Waals surface area contributed by atoms with Crippen LogP contribution in [0.1, 0.15) is 4.88 Å². The molecule has 0 aliphatic heterocycles. The van der Waals surface area contributed by atoms with Crippen LogP contribution in [0.4, 0.5) is 4.39 Å². The molecule has 1 aromatic carbocycles. The summed E-state index contributed by atoms with van der Waals surface area (Å²) in [7, 11) is 0. The number of hydrogen-bond donors (Lipinski definition) is 0. The minimum Gasteiger partial charge on any atom is -0.332 e. The fraction of sp³-hybridized carbons (Fsp3) is 0.167. The van der Waals surface area contributed by atoms with E-state index in [9.17, 15) is 14.0 Å². The molecule has 0 aliphatic rings. The monoisotopic (exact) mass is 357 g/mol. The Kier molecular flexibility index (Phi) is 5.04. The van der Waals surface area contributed by atoms with Gasteiger partial charge in [-0.25, -0.2) is 9.37 Å². The highest BCUT2D eigenvalue weighted by atomic mass is 32.1. The van der Waals surface area contributed by atoms with E-state index in [0.29, 0.717) is 13.1 Å². The first-order valence-corrected chi connectivity index (χ1v) is 8.52. The Bertz CT molecular complexity index is 966. The third-order valence-corrected chi connectivity index (χ3v) is 4.58. The number of halogens is 1. The molecule has 0 N–H and O–H groups in total. The maximum atomic E-state index is 13.2. The molecule has 0 radical (unpaired) electrons. The van der Waals surface area contributed by atoms with Crippen LogP contribution in [0.25, 0.3) is 10.9 Å². The normalized spacial score (nSPS) is 10.8. The van der Waals surface area contributed by atoms with Gasteiger partial charge in [0.25, 0.3) is 5.56 Å². The summed E-state index contributed by atoms with van der Waals surface area (Å²) in [5.74, 6) is -0.667. The van der Waals surface area contributed by atoms with Crippen molar-refractivity contribution in [1.29, 1.82) is 0 Å². The van der Waals surface area contributed by atoms with E-state index in [4.69, 9.17) is 0 Å². The van der Waals surface area contributed by atoms with Crippen molar-refractivity contribution < 1.29 is 9.18 Å². The van der Waals surface area contributed by atoms with E-state index < -0.39 is 5.82 Å². The van der Waals surface area contributed by atoms with E-state index in [0.717, 1.165) is 4.88 Å². The molecule has 2 heterocycles. The number of carbonyl (C=O) groups is 1. The Hall–Kier alpha value is -2.80. The van der Waals surface area contributed by atoms with Crippen LogP contribution in [-0.2, 0) is 17.9 Å². The third-order valence-electron chi connectivity index (χ3n) is 3.72. The number of nitrogens with zero attached hydrogens (tertiary/aromatic N) is 3. The van der Waals surface area contributed by atoms with Crippen LogP contribution < -0.4 is 5.56 Å². The predicted octanol–water partition coefficient (Wildman–Crippen LogP) is 2.81. The molecule has 0 fully saturated rings. The van der Waals surface area contributed by atoms with Crippen molar-refractivity contribution in [2.75, 3.05) is 6.54 Å². The highest BCUT2D eigenvalue weighted by Crippen LogP contribution is 2.13. The van der Waals surface area contributed by atoms with Gasteiger partial charge in [-0.3, -0.25) is 14.2 Å². The SMILES string of the molecule is C=CCN(Cc1cccs1)C(=O)Cn1cnc2cc(F)ccc2c1=O. The Morgan fingerprint density at radius 1 is 1.40 bits per heavy atom. The molecule has 0 bridgehead atoms. The highest BCUT2D eigenvalue weighted by molar-refractivity contribution is 7.09. The molecular weight excluding hydrogens is 341 g/mol. The van der Waals surface area contributed by atoms with Crippen molar-refractivity contribution in [3.05, 3.63) is 75.7 Å². The molecule has 1 amide bonds. The zero-order valence-corrected chi connectivity index (χ0v) is 14.2. The fourth-order valence-corrected chi connectivity index (χ4v) is 3.21. The molecule has 3 rings (SSSR count). The summed E-state index contributed by atoms with van der Waals surface area (Å²) in [6.07, 6.45) is 2.93. The van der Waals surface area contributed by atoms with E-state index in [1.165, 1.54) is 29.1 Å². The van der Waals surface area contributed by atoms with Crippen LogP contribution in [0.5, 0.6) is 0 Å². The molecule has 0 atom stereocenters. The van der Waals surface area contributed by atoms with Gasteiger partial charge in [-0.1, -0.05) is 12.1 Å². The molecule has 2 aromatic heterocycles. The number of carbonyl (C=O) groups excluding carboxylic acids is 1. The number of benzene rings is 1. The quantitative estimate of drug-likeness (QED) is 0.638. The van der Waals surface area contributed by atoms with Crippen molar-refractivity contribution in [2.45, 2.75) is 13.1 Å². The number of amides is 1. The van der Waals surface area contributed by atoms with Crippen LogP contribution in [0.2, 0.25) is 0 Å². The molecule has 0 saturated heterocycles. The number of hydrogen-bond acceptors (Lipinski definition) is 4. The second-order valence-corrected chi connectivity index (χ2v) is 6.51. The molecular formula is C18H16FN3O2S. The van der Waals surface area contributed by atoms with E-state index >= 15 is 0 Å². The van der Waals surface area contributed by atoms with Crippen molar-refractivity contribution in [3.8, 4) is 0 Å². The van der Waals surface area contributed by atoms with Gasteiger partial charge < -0.3 is 4.90 Å². The van der Waals surface area contributed by atoms with Crippen LogP contribution in [-0.4, -0.2) is 26.9 Å². The van der Waals surface area contributed by atoms with E-state index in [1.807, 2.05) is 17.5 Å². The van der Waals surface area contributed by atoms with Gasteiger partial charge in [0.2, 0.25) is 5.91 Å². The largest absolute Gasteiger partial charge is 0.332 e. The smallest absolute Gasteiger partial charge is 0.261 e. The zero-order chi connectivity index (χ0) is 17.8. The lowest BCUT2D eigenvalue weighted by molar-refractivity contribution is -0.131. The van der Waals surface area contributed by atoms with Gasteiger partial charge >= 0.3 is 0 Å². The van der Waals surface area contributed by atoms with Crippen molar-refractivity contribution >= 4 is 28.1 Å². The molecule has 0 spiro atoms. The van der Waals surface area contributed by atoms with E-state index in [2.05, 4.69) is 11.6 Å². The first-order valence-electron chi connectivity index (χ1n) is 7.64. The summed E-state index contributed by atoms with van der Waals surface area (Å²) >= 11 is 1.56. The standard InChI is InChI=1S/C18H16FN3O2S/c1-2-7-21(10-14-4-3-8-25-14)17(23)11-22-12-20-16-9-13(19)5-6-15(16)18(22)24/h2-6,8-9,12H,1,7,10-11H2. The van der Waals surface area contributed by atoms with E-state index in [-0.39, 0.29) is 28.9 Å². The molecule has 0 aliphatic carbocycles. The Morgan fingerprint density at radius 2 is 2.24 bits per heavy atom. The topological polar surface area (TPSA) is 55.2 Å². The second-order valence-electron chi connectivity index (χ2n) is 5.48. The highest BCUT2D eigenvalue weighted by Gasteiger charge is 2.15. The maximum absolute atomic E-state index is 13.2. The lowest BCUT2D eigenvalue weighted by atomic mass is 10.2.